The van der Waals surface area contributed by atoms with Crippen LogP contribution in [0.25, 0.3) is 0 Å². The quantitative estimate of drug-likeness (QED) is 0.790. The molecule has 0 heterocycles. The van der Waals surface area contributed by atoms with E-state index in [0.29, 0.717) is 28.6 Å². The molecule has 0 aromatic heterocycles. The Morgan fingerprint density at radius 1 is 1.22 bits per heavy atom. The smallest absolute Gasteiger partial charge is 0.255 e. The van der Waals surface area contributed by atoms with E-state index < -0.39 is 0 Å². The number of nitrogens with one attached hydrogen (secondary N) is 1. The molecule has 2 rings (SSSR count). The molecule has 0 aliphatic heterocycles. The van der Waals surface area contributed by atoms with Crippen LogP contribution in [0.1, 0.15) is 10.4 Å². The van der Waals surface area contributed by atoms with Gasteiger partial charge in [0.1, 0.15) is 12.4 Å². The van der Waals surface area contributed by atoms with Crippen molar-refractivity contribution in [2.24, 2.45) is 0 Å². The van der Waals surface area contributed by atoms with Gasteiger partial charge in [0.15, 0.2) is 0 Å². The van der Waals surface area contributed by atoms with Crippen LogP contribution in [0.3, 0.4) is 0 Å². The van der Waals surface area contributed by atoms with Crippen LogP contribution in [0.5, 0.6) is 5.75 Å². The molecule has 0 radical (unpaired) electrons. The summed E-state index contributed by atoms with van der Waals surface area (Å²) >= 11 is 9.54. The lowest BCUT2D eigenvalue weighted by molar-refractivity contribution is 0.102. The third-order valence-corrected chi connectivity index (χ3v) is 3.92. The Morgan fingerprint density at radius 3 is 2.52 bits per heavy atom. The van der Waals surface area contributed by atoms with Crippen LogP contribution in [-0.4, -0.2) is 38.1 Å². The fourth-order valence-electron chi connectivity index (χ4n) is 1.84. The molecule has 122 valence electrons. The molecule has 0 spiro atoms. The predicted molar refractivity (Wildman–Crippen MR) is 97.6 cm³/mol. The lowest BCUT2D eigenvalue weighted by Crippen LogP contribution is -2.19. The number of hydrogen-bond donors (Lipinski definition) is 1. The lowest BCUT2D eigenvalue weighted by atomic mass is 10.2. The van der Waals surface area contributed by atoms with E-state index in [1.807, 2.05) is 31.1 Å². The topological polar surface area (TPSA) is 41.6 Å². The summed E-state index contributed by atoms with van der Waals surface area (Å²) in [5, 5.41) is 3.29. The number of hydrogen-bond acceptors (Lipinski definition) is 3. The zero-order valence-corrected chi connectivity index (χ0v) is 15.3. The van der Waals surface area contributed by atoms with Crippen LogP contribution < -0.4 is 10.1 Å². The third kappa shape index (κ3) is 5.53. The van der Waals surface area contributed by atoms with Gasteiger partial charge in [0.05, 0.1) is 5.02 Å². The number of anilines is 1. The molecule has 0 unspecified atom stereocenters. The van der Waals surface area contributed by atoms with Crippen molar-refractivity contribution in [3.05, 3.63) is 57.5 Å². The number of ether oxygens (including phenoxy) is 1. The van der Waals surface area contributed by atoms with Crippen LogP contribution in [0.4, 0.5) is 5.69 Å². The van der Waals surface area contributed by atoms with E-state index in [9.17, 15) is 4.79 Å². The van der Waals surface area contributed by atoms with Crippen molar-refractivity contribution >= 4 is 39.1 Å². The average Bonchev–Trinajstić information content (AvgIpc) is 2.49. The average molecular weight is 398 g/mol. The molecule has 0 fully saturated rings. The monoisotopic (exact) mass is 396 g/mol. The van der Waals surface area contributed by atoms with Crippen molar-refractivity contribution < 1.29 is 9.53 Å². The normalized spacial score (nSPS) is 10.7. The number of amides is 1. The van der Waals surface area contributed by atoms with Gasteiger partial charge in [-0.25, -0.2) is 0 Å². The summed E-state index contributed by atoms with van der Waals surface area (Å²) in [6.07, 6.45) is 0. The van der Waals surface area contributed by atoms with Gasteiger partial charge in [-0.2, -0.15) is 0 Å². The third-order valence-electron chi connectivity index (χ3n) is 3.09. The summed E-state index contributed by atoms with van der Waals surface area (Å²) in [6, 6.07) is 12.4. The van der Waals surface area contributed by atoms with Gasteiger partial charge < -0.3 is 15.0 Å². The fourth-order valence-corrected chi connectivity index (χ4v) is 2.34. The van der Waals surface area contributed by atoms with Crippen LogP contribution >= 0.6 is 27.5 Å². The Labute approximate surface area is 149 Å². The molecular weight excluding hydrogens is 380 g/mol. The van der Waals surface area contributed by atoms with E-state index in [2.05, 4.69) is 21.2 Å². The Morgan fingerprint density at radius 2 is 1.91 bits per heavy atom. The molecule has 23 heavy (non-hydrogen) atoms. The second-order valence-electron chi connectivity index (χ2n) is 5.26. The van der Waals surface area contributed by atoms with E-state index in [1.165, 1.54) is 0 Å². The molecule has 2 aromatic rings. The van der Waals surface area contributed by atoms with Gasteiger partial charge in [-0.15, -0.1) is 0 Å². The largest absolute Gasteiger partial charge is 0.491 e. The fraction of sp³-hybridized carbons (Fsp3) is 0.235. The Balaban J connectivity index is 1.99. The van der Waals surface area contributed by atoms with Gasteiger partial charge in [0.25, 0.3) is 5.91 Å². The molecule has 0 saturated heterocycles. The maximum Gasteiger partial charge on any atom is 0.255 e. The number of nitrogens with zero attached hydrogens (tertiary/aromatic N) is 1. The molecule has 1 amide bonds. The number of benzene rings is 2. The summed E-state index contributed by atoms with van der Waals surface area (Å²) in [4.78, 5) is 14.2. The Hall–Kier alpha value is -1.56. The van der Waals surface area contributed by atoms with Crippen LogP contribution in [0.2, 0.25) is 5.02 Å². The standard InChI is InChI=1S/C17H18BrClN2O2/c1-21(2)9-10-23-16-8-7-14(11-15(16)19)20-17(22)12-3-5-13(18)6-4-12/h3-8,11H,9-10H2,1-2H3,(H,20,22). The van der Waals surface area contributed by atoms with Crippen LogP contribution in [-0.2, 0) is 0 Å². The SMILES string of the molecule is CN(C)CCOc1ccc(NC(=O)c2ccc(Br)cc2)cc1Cl. The second kappa shape index (κ2) is 8.34. The molecule has 4 nitrogen and oxygen atoms in total. The predicted octanol–water partition coefficient (Wildman–Crippen LogP) is 4.30. The highest BCUT2D eigenvalue weighted by Crippen LogP contribution is 2.28. The van der Waals surface area contributed by atoms with Crippen molar-refractivity contribution in [3.63, 3.8) is 0 Å². The number of rotatable bonds is 6. The van der Waals surface area contributed by atoms with E-state index in [0.717, 1.165) is 11.0 Å². The highest BCUT2D eigenvalue weighted by atomic mass is 79.9. The molecule has 1 N–H and O–H groups in total. The minimum absolute atomic E-state index is 0.185. The van der Waals surface area contributed by atoms with E-state index >= 15 is 0 Å². The minimum Gasteiger partial charge on any atom is -0.491 e. The molecule has 0 bridgehead atoms. The Bertz CT molecular complexity index is 675. The summed E-state index contributed by atoms with van der Waals surface area (Å²) < 4.78 is 6.54. The molecule has 2 aromatic carbocycles. The minimum atomic E-state index is -0.185. The van der Waals surface area contributed by atoms with Crippen molar-refractivity contribution in [2.75, 3.05) is 32.6 Å². The zero-order valence-electron chi connectivity index (χ0n) is 13.0. The molecular formula is C17H18BrClN2O2. The van der Waals surface area contributed by atoms with Crippen LogP contribution in [0, 0.1) is 0 Å². The van der Waals surface area contributed by atoms with E-state index in [-0.39, 0.29) is 5.91 Å². The maximum atomic E-state index is 12.2. The Kier molecular flexibility index (Phi) is 6.45. The van der Waals surface area contributed by atoms with Gasteiger partial charge in [0, 0.05) is 22.3 Å². The first kappa shape index (κ1) is 17.8. The number of likely N-dealkylation sites (N-methyl/N-ethyl adjacent to an activating group) is 1. The number of carbonyl (C=O) groups is 1. The molecule has 0 aliphatic rings. The first-order valence-electron chi connectivity index (χ1n) is 7.09. The summed E-state index contributed by atoms with van der Waals surface area (Å²) in [5.41, 5.74) is 1.21. The molecule has 0 aliphatic carbocycles. The van der Waals surface area contributed by atoms with Crippen molar-refractivity contribution in [1.29, 1.82) is 0 Å². The molecule has 0 saturated carbocycles. The summed E-state index contributed by atoms with van der Waals surface area (Å²) in [5.74, 6) is 0.421. The number of carbonyl (C=O) groups excluding carboxylic acids is 1. The first-order valence-corrected chi connectivity index (χ1v) is 8.27. The van der Waals surface area contributed by atoms with Gasteiger partial charge in [-0.1, -0.05) is 27.5 Å². The van der Waals surface area contributed by atoms with E-state index in [1.54, 1.807) is 30.3 Å². The highest BCUT2D eigenvalue weighted by molar-refractivity contribution is 9.10. The molecule has 6 heteroatoms. The van der Waals surface area contributed by atoms with Crippen LogP contribution in [0.15, 0.2) is 46.9 Å². The summed E-state index contributed by atoms with van der Waals surface area (Å²) in [7, 11) is 3.96. The van der Waals surface area contributed by atoms with Crippen molar-refractivity contribution in [3.8, 4) is 5.75 Å². The first-order chi connectivity index (χ1) is 11.0. The lowest BCUT2D eigenvalue weighted by Gasteiger charge is -2.13. The zero-order chi connectivity index (χ0) is 16.8. The number of halogens is 2. The summed E-state index contributed by atoms with van der Waals surface area (Å²) in [6.45, 7) is 1.36. The second-order valence-corrected chi connectivity index (χ2v) is 6.58. The molecule has 0 atom stereocenters. The van der Waals surface area contributed by atoms with Gasteiger partial charge in [-0.3, -0.25) is 4.79 Å². The van der Waals surface area contributed by atoms with Gasteiger partial charge in [-0.05, 0) is 56.6 Å². The van der Waals surface area contributed by atoms with E-state index in [4.69, 9.17) is 16.3 Å². The highest BCUT2D eigenvalue weighted by Gasteiger charge is 2.08. The van der Waals surface area contributed by atoms with Crippen molar-refractivity contribution in [1.82, 2.24) is 4.90 Å². The maximum absolute atomic E-state index is 12.2. The van der Waals surface area contributed by atoms with Gasteiger partial charge in [0.2, 0.25) is 0 Å². The van der Waals surface area contributed by atoms with Gasteiger partial charge >= 0.3 is 0 Å². The van der Waals surface area contributed by atoms with Crippen molar-refractivity contribution in [2.45, 2.75) is 0 Å².